The smallest absolute Gasteiger partial charge is 0.364 e. The van der Waals surface area contributed by atoms with E-state index in [1.54, 1.807) is 36.4 Å². The van der Waals surface area contributed by atoms with Crippen molar-refractivity contribution in [1.29, 1.82) is 0 Å². The number of aliphatic carboxylic acids is 2. The fourth-order valence-electron chi connectivity index (χ4n) is 8.26. The first kappa shape index (κ1) is 54.8. The number of carboxylic acid groups (broad SMARTS) is 2. The second-order valence-corrected chi connectivity index (χ2v) is 19.3. The number of carbonyl (C=O) groups excluding carboxylic acids is 6. The molecule has 5 rings (SSSR count). The Morgan fingerprint density at radius 1 is 0.803 bits per heavy atom. The summed E-state index contributed by atoms with van der Waals surface area (Å²) in [5, 5.41) is 39.2. The lowest BCUT2D eigenvalue weighted by atomic mass is 9.90. The van der Waals surface area contributed by atoms with Gasteiger partial charge in [-0.2, -0.15) is 5.26 Å². The van der Waals surface area contributed by atoms with Gasteiger partial charge in [0.2, 0.25) is 21.7 Å². The normalized spacial score (nSPS) is 15.5. The van der Waals surface area contributed by atoms with E-state index in [9.17, 15) is 51.9 Å². The van der Waals surface area contributed by atoms with Crippen LogP contribution in [0.3, 0.4) is 0 Å². The summed E-state index contributed by atoms with van der Waals surface area (Å²) in [4.78, 5) is 107. The Morgan fingerprint density at radius 2 is 1.45 bits per heavy atom. The number of sulfone groups is 1. The molecule has 2 unspecified atom stereocenters. The summed E-state index contributed by atoms with van der Waals surface area (Å²) >= 11 is 0. The lowest BCUT2D eigenvalue weighted by molar-refractivity contribution is -0.236. The number of hydrogen-bond donors (Lipinski definition) is 8. The highest BCUT2D eigenvalue weighted by atomic mass is 32.2. The van der Waals surface area contributed by atoms with Crippen LogP contribution in [0, 0.1) is 5.92 Å². The number of amides is 6. The lowest BCUT2D eigenvalue weighted by Gasteiger charge is -2.32. The molecule has 8 N–H and O–H groups in total. The highest BCUT2D eigenvalue weighted by Gasteiger charge is 2.36. The molecule has 3 aromatic rings. The van der Waals surface area contributed by atoms with Crippen LogP contribution in [-0.4, -0.2) is 128 Å². The fourth-order valence-corrected chi connectivity index (χ4v) is 9.89. The third kappa shape index (κ3) is 15.9. The largest absolute Gasteiger partial charge is 0.481 e. The van der Waals surface area contributed by atoms with Crippen molar-refractivity contribution in [2.45, 2.75) is 100 Å². The number of hydrogen-bond acceptors (Lipinski definition) is 13. The number of nitrogens with zero attached hydrogens (tertiary/aromatic N) is 2. The van der Waals surface area contributed by atoms with Gasteiger partial charge in [0.1, 0.15) is 12.1 Å². The van der Waals surface area contributed by atoms with E-state index in [0.29, 0.717) is 23.6 Å². The van der Waals surface area contributed by atoms with Gasteiger partial charge in [-0.1, -0.05) is 48.0 Å². The van der Waals surface area contributed by atoms with E-state index >= 15 is 0 Å². The molecule has 382 valence electrons. The van der Waals surface area contributed by atoms with Crippen molar-refractivity contribution < 1.29 is 67.1 Å². The number of carbonyl (C=O) groups is 8. The van der Waals surface area contributed by atoms with Gasteiger partial charge in [-0.25, -0.2) is 22.8 Å². The zero-order valence-electron chi connectivity index (χ0n) is 39.6. The van der Waals surface area contributed by atoms with Crippen molar-refractivity contribution in [3.8, 4) is 0 Å². The van der Waals surface area contributed by atoms with Crippen molar-refractivity contribution in [3.63, 3.8) is 0 Å². The molecule has 0 radical (unpaired) electrons. The van der Waals surface area contributed by atoms with E-state index in [1.165, 1.54) is 40.8 Å². The maximum absolute atomic E-state index is 14.2. The third-order valence-corrected chi connectivity index (χ3v) is 14.1. The molecule has 1 fully saturated rings. The van der Waals surface area contributed by atoms with Crippen molar-refractivity contribution >= 4 is 63.1 Å². The van der Waals surface area contributed by atoms with Gasteiger partial charge in [0.25, 0.3) is 11.8 Å². The van der Waals surface area contributed by atoms with Gasteiger partial charge in [0, 0.05) is 38.0 Å². The Labute approximate surface area is 411 Å². The van der Waals surface area contributed by atoms with Gasteiger partial charge < -0.3 is 46.6 Å². The first-order valence-corrected chi connectivity index (χ1v) is 24.8. The molecule has 21 nitrogen and oxygen atoms in total. The molecule has 3 aromatic carbocycles. The first-order valence-electron chi connectivity index (χ1n) is 23.3. The molecule has 2 heterocycles. The molecule has 0 aliphatic carbocycles. The van der Waals surface area contributed by atoms with Crippen molar-refractivity contribution in [2.75, 3.05) is 44.2 Å². The number of rotatable bonds is 24. The molecular formula is C49H61N7O14S. The van der Waals surface area contributed by atoms with E-state index < -0.39 is 76.4 Å². The number of piperidine rings is 1. The molecule has 71 heavy (non-hydrogen) atoms. The zero-order valence-corrected chi connectivity index (χ0v) is 40.4. The molecule has 0 bridgehead atoms. The van der Waals surface area contributed by atoms with Gasteiger partial charge in [-0.05, 0) is 119 Å². The van der Waals surface area contributed by atoms with Crippen LogP contribution in [0.15, 0.2) is 88.2 Å². The van der Waals surface area contributed by atoms with Gasteiger partial charge in [-0.3, -0.25) is 28.9 Å². The Bertz CT molecular complexity index is 2580. The van der Waals surface area contributed by atoms with Crippen LogP contribution in [0.4, 0.5) is 10.5 Å². The minimum absolute atomic E-state index is 0.0153. The number of carboxylic acids is 2. The highest BCUT2D eigenvalue weighted by Crippen LogP contribution is 2.38. The Hall–Kier alpha value is -7.17. The summed E-state index contributed by atoms with van der Waals surface area (Å²) in [7, 11) is -4.18. The molecule has 2 aliphatic rings. The minimum Gasteiger partial charge on any atom is -0.481 e. The van der Waals surface area contributed by atoms with E-state index in [2.05, 4.69) is 51.0 Å². The average Bonchev–Trinajstić information content (AvgIpc) is 3.42. The molecule has 0 spiro atoms. The van der Waals surface area contributed by atoms with Gasteiger partial charge in [0.05, 0.1) is 34.0 Å². The third-order valence-electron chi connectivity index (χ3n) is 12.3. The number of urea groups is 1. The molecule has 2 atom stereocenters. The van der Waals surface area contributed by atoms with Gasteiger partial charge in [-0.15, -0.1) is 0 Å². The molecule has 2 aliphatic heterocycles. The van der Waals surface area contributed by atoms with Crippen molar-refractivity contribution in [2.24, 2.45) is 5.92 Å². The number of anilines is 1. The van der Waals surface area contributed by atoms with E-state index in [0.717, 1.165) is 45.3 Å². The topological polar surface area (TPSA) is 307 Å². The molecular weight excluding hydrogens is 943 g/mol. The summed E-state index contributed by atoms with van der Waals surface area (Å²) in [5.41, 5.74) is 2.86. The van der Waals surface area contributed by atoms with Crippen LogP contribution >= 0.6 is 0 Å². The molecule has 22 heteroatoms. The number of likely N-dealkylation sites (tertiary alicyclic amines) is 1. The van der Waals surface area contributed by atoms with E-state index in [1.807, 2.05) is 5.32 Å². The summed E-state index contributed by atoms with van der Waals surface area (Å²) < 4.78 is 28.1. The Balaban J connectivity index is 1.12. The predicted molar refractivity (Wildman–Crippen MR) is 257 cm³/mol. The highest BCUT2D eigenvalue weighted by molar-refractivity contribution is 7.91. The quantitative estimate of drug-likeness (QED) is 0.0276. The summed E-state index contributed by atoms with van der Waals surface area (Å²) in [6.07, 6.45) is 4.49. The summed E-state index contributed by atoms with van der Waals surface area (Å²) in [5.74, 6) is -5.44. The van der Waals surface area contributed by atoms with E-state index in [4.69, 9.17) is 10.4 Å². The molecule has 1 saturated heterocycles. The minimum atomic E-state index is -4.18. The van der Waals surface area contributed by atoms with Gasteiger partial charge in [0.15, 0.2) is 0 Å². The van der Waals surface area contributed by atoms with Crippen molar-refractivity contribution in [3.05, 3.63) is 101 Å². The van der Waals surface area contributed by atoms with Gasteiger partial charge >= 0.3 is 23.9 Å². The second kappa shape index (κ2) is 26.2. The van der Waals surface area contributed by atoms with Crippen LogP contribution in [0.1, 0.15) is 97.1 Å². The standard InChI is InChI=1S/C49H61N7O14S/c1-3-31(2)27-33-19-25-55(26-20-33)24-6-21-52-45(61)35-13-16-41-39(29-35)56(46(62)36-7-4-5-8-40(36)71(41,68)69)30-34-11-9-32(10-12-34)28-43(58)51-23-22-50-42(57)17-14-37(47(63)64)53-49(66)54-38(48(65)70-67)15-18-44(59)60/h3-5,7-13,16,29,33,37-38,67H,6,14-15,17-28,30H2,1-2H3,(H,50,57)(H,51,58)(H,52,61)(H,59,60)(H,63,64)(H2,53,54,66)/b31-3+. The van der Waals surface area contributed by atoms with Crippen molar-refractivity contribution in [1.82, 2.24) is 31.5 Å². The van der Waals surface area contributed by atoms with Crippen LogP contribution in [-0.2, 0) is 51.7 Å². The molecule has 0 saturated carbocycles. The SMILES string of the molecule is C/C=C(\C)CC1CCN(CCCNC(=O)c2ccc3c(c2)N(Cc2ccc(CC(=O)NCCNC(=O)CCC(NC(=O)NC(CCC(=O)O)C(=O)OO)C(=O)O)cc2)C(=O)c2ccccc2S3(=O)=O)CC1. The predicted octanol–water partition coefficient (Wildman–Crippen LogP) is 3.43. The first-order chi connectivity index (χ1) is 33.9. The monoisotopic (exact) mass is 1000 g/mol. The van der Waals surface area contributed by atoms with Crippen LogP contribution in [0.25, 0.3) is 0 Å². The zero-order chi connectivity index (χ0) is 51.7. The Kier molecular flexibility index (Phi) is 20.2. The Morgan fingerprint density at radius 3 is 2.11 bits per heavy atom. The number of nitrogens with one attached hydrogen (secondary N) is 5. The maximum atomic E-state index is 14.2. The number of fused-ring (bicyclic) bond motifs is 2. The van der Waals surface area contributed by atoms with E-state index in [-0.39, 0.29) is 71.4 Å². The summed E-state index contributed by atoms with van der Waals surface area (Å²) in [6, 6.07) is 12.6. The van der Waals surface area contributed by atoms with Crippen LogP contribution < -0.4 is 31.5 Å². The average molecular weight is 1000 g/mol. The van der Waals surface area contributed by atoms with Crippen LogP contribution in [0.5, 0.6) is 0 Å². The number of allylic oxidation sites excluding steroid dienone is 2. The maximum Gasteiger partial charge on any atom is 0.364 e. The molecule has 6 amide bonds. The second-order valence-electron chi connectivity index (χ2n) is 17.4. The lowest BCUT2D eigenvalue weighted by Crippen LogP contribution is -2.51. The number of benzene rings is 3. The van der Waals surface area contributed by atoms with Crippen LogP contribution in [0.2, 0.25) is 0 Å². The molecule has 0 aromatic heterocycles. The fraction of sp³-hybridized carbons (Fsp3) is 0.429. The summed E-state index contributed by atoms with van der Waals surface area (Å²) in [6.45, 7) is 7.46.